The highest BCUT2D eigenvalue weighted by Crippen LogP contribution is 2.30. The van der Waals surface area contributed by atoms with Crippen molar-refractivity contribution in [2.24, 2.45) is 5.84 Å². The highest BCUT2D eigenvalue weighted by atomic mass is 19.4. The monoisotopic (exact) mass is 331 g/mol. The Kier molecular flexibility index (Phi) is 7.51. The molecule has 0 aromatic heterocycles. The van der Waals surface area contributed by atoms with Crippen LogP contribution in [0.5, 0.6) is 0 Å². The molecule has 1 saturated heterocycles. The van der Waals surface area contributed by atoms with Crippen LogP contribution in [0.25, 0.3) is 0 Å². The first-order valence-corrected chi connectivity index (χ1v) is 8.19. The predicted molar refractivity (Wildman–Crippen MR) is 87.9 cm³/mol. The van der Waals surface area contributed by atoms with E-state index in [0.717, 1.165) is 38.4 Å². The van der Waals surface area contributed by atoms with Crippen molar-refractivity contribution in [3.63, 3.8) is 0 Å². The van der Waals surface area contributed by atoms with Crippen molar-refractivity contribution in [1.29, 1.82) is 0 Å². The van der Waals surface area contributed by atoms with Gasteiger partial charge in [-0.25, -0.2) is 5.01 Å². The van der Waals surface area contributed by atoms with Gasteiger partial charge in [-0.3, -0.25) is 5.84 Å². The van der Waals surface area contributed by atoms with Crippen LogP contribution < -0.4 is 11.2 Å². The Morgan fingerprint density at radius 3 is 2.57 bits per heavy atom. The van der Waals surface area contributed by atoms with E-state index < -0.39 is 11.7 Å². The summed E-state index contributed by atoms with van der Waals surface area (Å²) in [6, 6.07) is 5.58. The fourth-order valence-corrected chi connectivity index (χ4v) is 2.99. The second-order valence-corrected chi connectivity index (χ2v) is 5.80. The van der Waals surface area contributed by atoms with Crippen LogP contribution in [0.3, 0.4) is 0 Å². The summed E-state index contributed by atoms with van der Waals surface area (Å²) >= 11 is 0. The number of nitrogens with two attached hydrogens (primary N) is 1. The van der Waals surface area contributed by atoms with Gasteiger partial charge in [0.05, 0.1) is 5.56 Å². The molecule has 1 atom stereocenters. The summed E-state index contributed by atoms with van der Waals surface area (Å²) < 4.78 is 38.2. The number of hydrogen-bond acceptors (Lipinski definition) is 3. The van der Waals surface area contributed by atoms with E-state index in [0.29, 0.717) is 12.0 Å². The number of hydrogen-bond donors (Lipinski definition) is 2. The zero-order chi connectivity index (χ0) is 17.5. The average Bonchev–Trinajstić information content (AvgIpc) is 2.54. The van der Waals surface area contributed by atoms with E-state index in [1.54, 1.807) is 11.1 Å². The molecule has 1 fully saturated rings. The van der Waals surface area contributed by atoms with E-state index in [1.807, 2.05) is 20.9 Å². The number of benzene rings is 1. The van der Waals surface area contributed by atoms with E-state index in [1.165, 1.54) is 12.1 Å². The van der Waals surface area contributed by atoms with E-state index in [9.17, 15) is 13.2 Å². The second kappa shape index (κ2) is 8.66. The number of halogens is 3. The summed E-state index contributed by atoms with van der Waals surface area (Å²) in [7, 11) is 1.89. The summed E-state index contributed by atoms with van der Waals surface area (Å²) in [5, 5.41) is 5.10. The smallest absolute Gasteiger partial charge is 0.313 e. The maximum absolute atomic E-state index is 12.7. The molecule has 1 aromatic carbocycles. The van der Waals surface area contributed by atoms with Crippen LogP contribution in [0.1, 0.15) is 44.2 Å². The van der Waals surface area contributed by atoms with E-state index in [4.69, 9.17) is 5.84 Å². The maximum atomic E-state index is 12.7. The highest BCUT2D eigenvalue weighted by Gasteiger charge is 2.33. The number of hydrazine groups is 1. The number of rotatable bonds is 4. The molecule has 23 heavy (non-hydrogen) atoms. The van der Waals surface area contributed by atoms with Crippen LogP contribution in [0.15, 0.2) is 24.3 Å². The van der Waals surface area contributed by atoms with Gasteiger partial charge in [0.1, 0.15) is 0 Å². The molecule has 3 nitrogen and oxygen atoms in total. The third kappa shape index (κ3) is 5.79. The summed E-state index contributed by atoms with van der Waals surface area (Å²) in [5.41, 5.74) is 0.0255. The molecule has 132 valence electrons. The molecular formula is C17H28F3N3. The van der Waals surface area contributed by atoms with Crippen LogP contribution in [0.4, 0.5) is 13.2 Å². The SMILES string of the molecule is CC.CNC1(CCc2cccc(C(F)(F)F)c2)CCCN(N)C1. The minimum Gasteiger partial charge on any atom is -0.313 e. The third-order valence-corrected chi connectivity index (χ3v) is 4.28. The number of nitrogens with one attached hydrogen (secondary N) is 1. The second-order valence-electron chi connectivity index (χ2n) is 5.80. The molecule has 0 spiro atoms. The summed E-state index contributed by atoms with van der Waals surface area (Å²) in [6.07, 6.45) is -0.900. The number of alkyl halides is 3. The number of aryl methyl sites for hydroxylation is 1. The van der Waals surface area contributed by atoms with Crippen molar-refractivity contribution in [3.8, 4) is 0 Å². The Morgan fingerprint density at radius 2 is 2.00 bits per heavy atom. The van der Waals surface area contributed by atoms with Crippen molar-refractivity contribution in [2.45, 2.75) is 51.2 Å². The Bertz CT molecular complexity index is 476. The van der Waals surface area contributed by atoms with Gasteiger partial charge in [0.25, 0.3) is 0 Å². The average molecular weight is 331 g/mol. The van der Waals surface area contributed by atoms with Crippen LogP contribution in [-0.2, 0) is 12.6 Å². The molecule has 1 aliphatic heterocycles. The van der Waals surface area contributed by atoms with Crippen LogP contribution >= 0.6 is 0 Å². The molecular weight excluding hydrogens is 303 g/mol. The molecule has 1 aromatic rings. The molecule has 0 aliphatic carbocycles. The van der Waals surface area contributed by atoms with Crippen molar-refractivity contribution < 1.29 is 13.2 Å². The lowest BCUT2D eigenvalue weighted by atomic mass is 9.84. The topological polar surface area (TPSA) is 41.3 Å². The molecule has 1 unspecified atom stereocenters. The van der Waals surface area contributed by atoms with Gasteiger partial charge in [-0.1, -0.05) is 32.0 Å². The Labute approximate surface area is 137 Å². The van der Waals surface area contributed by atoms with Gasteiger partial charge >= 0.3 is 6.18 Å². The zero-order valence-corrected chi connectivity index (χ0v) is 14.2. The third-order valence-electron chi connectivity index (χ3n) is 4.28. The fraction of sp³-hybridized carbons (Fsp3) is 0.647. The minimum absolute atomic E-state index is 0.110. The normalized spacial score (nSPS) is 22.4. The molecule has 3 N–H and O–H groups in total. The molecule has 1 aliphatic rings. The van der Waals surface area contributed by atoms with Gasteiger partial charge in [-0.15, -0.1) is 0 Å². The molecule has 1 heterocycles. The van der Waals surface area contributed by atoms with Gasteiger partial charge in [0, 0.05) is 18.6 Å². The first-order valence-electron chi connectivity index (χ1n) is 8.19. The number of likely N-dealkylation sites (N-methyl/N-ethyl adjacent to an activating group) is 1. The Balaban J connectivity index is 0.00000127. The lowest BCUT2D eigenvalue weighted by molar-refractivity contribution is -0.137. The van der Waals surface area contributed by atoms with Crippen molar-refractivity contribution in [1.82, 2.24) is 10.3 Å². The minimum atomic E-state index is -4.28. The highest BCUT2D eigenvalue weighted by molar-refractivity contribution is 5.26. The standard InChI is InChI=1S/C15H22F3N3.C2H6/c1-20-14(7-3-9-21(19)11-14)8-6-12-4-2-5-13(10-12)15(16,17)18;1-2/h2,4-5,10,20H,3,6-9,11,19H2,1H3;1-2H3. The predicted octanol–water partition coefficient (Wildman–Crippen LogP) is 3.59. The van der Waals surface area contributed by atoms with Gasteiger partial charge in [0.15, 0.2) is 0 Å². The van der Waals surface area contributed by atoms with E-state index in [-0.39, 0.29) is 5.54 Å². The summed E-state index contributed by atoms with van der Waals surface area (Å²) in [6.45, 7) is 5.59. The van der Waals surface area contributed by atoms with Crippen molar-refractivity contribution in [2.75, 3.05) is 20.1 Å². The molecule has 6 heteroatoms. The van der Waals surface area contributed by atoms with Crippen LogP contribution in [0.2, 0.25) is 0 Å². The first kappa shape index (κ1) is 19.9. The Morgan fingerprint density at radius 1 is 1.30 bits per heavy atom. The maximum Gasteiger partial charge on any atom is 0.416 e. The van der Waals surface area contributed by atoms with E-state index >= 15 is 0 Å². The molecule has 0 saturated carbocycles. The molecule has 2 rings (SSSR count). The molecule has 0 radical (unpaired) electrons. The molecule has 0 bridgehead atoms. The largest absolute Gasteiger partial charge is 0.416 e. The van der Waals surface area contributed by atoms with Crippen molar-refractivity contribution in [3.05, 3.63) is 35.4 Å². The van der Waals surface area contributed by atoms with Crippen LogP contribution in [0, 0.1) is 0 Å². The van der Waals surface area contributed by atoms with E-state index in [2.05, 4.69) is 5.32 Å². The Hall–Kier alpha value is -1.11. The lowest BCUT2D eigenvalue weighted by Gasteiger charge is -2.41. The summed E-state index contributed by atoms with van der Waals surface area (Å²) in [5.74, 6) is 5.88. The van der Waals surface area contributed by atoms with Crippen LogP contribution in [-0.4, -0.2) is 30.7 Å². The molecule has 0 amide bonds. The number of piperidine rings is 1. The number of nitrogens with zero attached hydrogens (tertiary/aromatic N) is 1. The quantitative estimate of drug-likeness (QED) is 0.829. The van der Waals surface area contributed by atoms with Gasteiger partial charge < -0.3 is 5.32 Å². The van der Waals surface area contributed by atoms with Gasteiger partial charge in [0.2, 0.25) is 0 Å². The zero-order valence-electron chi connectivity index (χ0n) is 14.2. The lowest BCUT2D eigenvalue weighted by Crippen LogP contribution is -2.57. The van der Waals surface area contributed by atoms with Crippen molar-refractivity contribution >= 4 is 0 Å². The first-order chi connectivity index (χ1) is 10.8. The van der Waals surface area contributed by atoms with Gasteiger partial charge in [-0.2, -0.15) is 13.2 Å². The fourth-order valence-electron chi connectivity index (χ4n) is 2.99. The summed E-state index contributed by atoms with van der Waals surface area (Å²) in [4.78, 5) is 0. The van der Waals surface area contributed by atoms with Gasteiger partial charge in [-0.05, 0) is 44.4 Å².